The number of hydrogen-bond acceptors (Lipinski definition) is 4. The molecule has 2 aromatic rings. The van der Waals surface area contributed by atoms with Crippen LogP contribution >= 0.6 is 11.6 Å². The van der Waals surface area contributed by atoms with E-state index in [1.54, 1.807) is 6.92 Å². The van der Waals surface area contributed by atoms with E-state index in [1.807, 2.05) is 0 Å². The Balaban J connectivity index is 2.64. The average Bonchev–Trinajstić information content (AvgIpc) is 2.31. The van der Waals surface area contributed by atoms with Crippen molar-refractivity contribution < 1.29 is 14.3 Å². The van der Waals surface area contributed by atoms with Crippen LogP contribution in [0.2, 0.25) is 5.02 Å². The predicted molar refractivity (Wildman–Crippen MR) is 71.4 cm³/mol. The van der Waals surface area contributed by atoms with Gasteiger partial charge in [0.05, 0.1) is 5.02 Å². The maximum absolute atomic E-state index is 11.8. The van der Waals surface area contributed by atoms with Crippen LogP contribution in [-0.2, 0) is 11.2 Å². The van der Waals surface area contributed by atoms with Crippen molar-refractivity contribution in [2.24, 2.45) is 5.73 Å². The van der Waals surface area contributed by atoms with Crippen molar-refractivity contribution in [1.29, 1.82) is 0 Å². The second-order valence-corrected chi connectivity index (χ2v) is 4.67. The maximum Gasteiger partial charge on any atom is 0.339 e. The molecule has 2 rings (SSSR count). The Hall–Kier alpha value is -2.01. The summed E-state index contributed by atoms with van der Waals surface area (Å²) in [5.74, 6) is -0.635. The Morgan fingerprint density at radius 1 is 1.47 bits per heavy atom. The number of aryl methyl sites for hydroxylation is 1. The van der Waals surface area contributed by atoms with Crippen LogP contribution in [0, 0.1) is 6.92 Å². The number of phenols is 1. The van der Waals surface area contributed by atoms with E-state index in [-0.39, 0.29) is 29.2 Å². The molecular formula is C13H12ClNO4. The first-order valence-corrected chi connectivity index (χ1v) is 6.01. The third kappa shape index (κ3) is 2.56. The van der Waals surface area contributed by atoms with Gasteiger partial charge in [-0.2, -0.15) is 0 Å². The van der Waals surface area contributed by atoms with Gasteiger partial charge in [0, 0.05) is 23.4 Å². The Kier molecular flexibility index (Phi) is 3.48. The molecule has 0 fully saturated rings. The molecular weight excluding hydrogens is 270 g/mol. The van der Waals surface area contributed by atoms with Crippen LogP contribution in [0.3, 0.4) is 0 Å². The highest BCUT2D eigenvalue weighted by atomic mass is 35.5. The molecule has 0 radical (unpaired) electrons. The summed E-state index contributed by atoms with van der Waals surface area (Å²) >= 11 is 5.84. The lowest BCUT2D eigenvalue weighted by Crippen LogP contribution is -2.16. The summed E-state index contributed by atoms with van der Waals surface area (Å²) in [6.45, 7) is 1.74. The summed E-state index contributed by atoms with van der Waals surface area (Å²) < 4.78 is 5.12. The fourth-order valence-electron chi connectivity index (χ4n) is 1.94. The Bertz CT molecular complexity index is 721. The molecule has 0 aliphatic rings. The van der Waals surface area contributed by atoms with Gasteiger partial charge in [0.25, 0.3) is 0 Å². The normalized spacial score (nSPS) is 10.8. The molecule has 0 unspecified atom stereocenters. The van der Waals surface area contributed by atoms with E-state index in [4.69, 9.17) is 21.8 Å². The molecule has 0 saturated carbocycles. The van der Waals surface area contributed by atoms with Gasteiger partial charge < -0.3 is 15.3 Å². The van der Waals surface area contributed by atoms with Crippen molar-refractivity contribution in [2.75, 3.05) is 0 Å². The second kappa shape index (κ2) is 4.93. The number of primary amides is 1. The SMILES string of the molecule is Cc1c(CCC(N)=O)c(=O)oc2cc(O)c(Cl)cc12. The molecule has 19 heavy (non-hydrogen) atoms. The third-order valence-electron chi connectivity index (χ3n) is 2.98. The lowest BCUT2D eigenvalue weighted by molar-refractivity contribution is -0.117. The molecule has 0 aliphatic heterocycles. The van der Waals surface area contributed by atoms with Crippen molar-refractivity contribution in [1.82, 2.24) is 0 Å². The Labute approximate surface area is 113 Å². The van der Waals surface area contributed by atoms with Gasteiger partial charge in [-0.3, -0.25) is 4.79 Å². The maximum atomic E-state index is 11.8. The van der Waals surface area contributed by atoms with Crippen LogP contribution in [-0.4, -0.2) is 11.0 Å². The molecule has 1 aromatic carbocycles. The summed E-state index contributed by atoms with van der Waals surface area (Å²) in [5.41, 5.74) is 5.87. The van der Waals surface area contributed by atoms with Gasteiger partial charge in [-0.25, -0.2) is 4.79 Å². The van der Waals surface area contributed by atoms with E-state index in [1.165, 1.54) is 12.1 Å². The molecule has 0 bridgehead atoms. The number of phenolic OH excluding ortho intramolecular Hbond substituents is 1. The minimum absolute atomic E-state index is 0.0723. The van der Waals surface area contributed by atoms with Crippen LogP contribution in [0.15, 0.2) is 21.3 Å². The summed E-state index contributed by atoms with van der Waals surface area (Å²) in [5, 5.41) is 10.3. The van der Waals surface area contributed by atoms with Gasteiger partial charge in [-0.15, -0.1) is 0 Å². The highest BCUT2D eigenvalue weighted by molar-refractivity contribution is 6.32. The van der Waals surface area contributed by atoms with Crippen LogP contribution in [0.4, 0.5) is 0 Å². The zero-order valence-electron chi connectivity index (χ0n) is 10.2. The first-order chi connectivity index (χ1) is 8.90. The van der Waals surface area contributed by atoms with Crippen LogP contribution in [0.5, 0.6) is 5.75 Å². The average molecular weight is 282 g/mol. The summed E-state index contributed by atoms with van der Waals surface area (Å²) in [4.78, 5) is 22.6. The van der Waals surface area contributed by atoms with Crippen molar-refractivity contribution in [3.63, 3.8) is 0 Å². The van der Waals surface area contributed by atoms with E-state index in [0.717, 1.165) is 0 Å². The highest BCUT2D eigenvalue weighted by Crippen LogP contribution is 2.30. The first kappa shape index (κ1) is 13.4. The molecule has 1 heterocycles. The molecule has 0 atom stereocenters. The number of amides is 1. The monoisotopic (exact) mass is 281 g/mol. The van der Waals surface area contributed by atoms with Gasteiger partial charge in [-0.1, -0.05) is 11.6 Å². The topological polar surface area (TPSA) is 93.5 Å². The number of fused-ring (bicyclic) bond motifs is 1. The zero-order valence-corrected chi connectivity index (χ0v) is 11.0. The molecule has 1 amide bonds. The van der Waals surface area contributed by atoms with E-state index < -0.39 is 11.5 Å². The van der Waals surface area contributed by atoms with Crippen molar-refractivity contribution >= 4 is 28.5 Å². The predicted octanol–water partition coefficient (Wildman–Crippen LogP) is 1.88. The van der Waals surface area contributed by atoms with Gasteiger partial charge in [0.15, 0.2) is 0 Å². The van der Waals surface area contributed by atoms with Crippen molar-refractivity contribution in [3.8, 4) is 5.75 Å². The number of halogens is 1. The highest BCUT2D eigenvalue weighted by Gasteiger charge is 2.14. The lowest BCUT2D eigenvalue weighted by Gasteiger charge is -2.08. The molecule has 3 N–H and O–H groups in total. The summed E-state index contributed by atoms with van der Waals surface area (Å²) in [6, 6.07) is 2.82. The quantitative estimate of drug-likeness (QED) is 0.840. The number of carbonyl (C=O) groups is 1. The largest absolute Gasteiger partial charge is 0.506 e. The number of carbonyl (C=O) groups excluding carboxylic acids is 1. The van der Waals surface area contributed by atoms with E-state index in [9.17, 15) is 14.7 Å². The van der Waals surface area contributed by atoms with Crippen LogP contribution < -0.4 is 11.4 Å². The smallest absolute Gasteiger partial charge is 0.339 e. The standard InChI is InChI=1S/C13H12ClNO4/c1-6-7(2-3-12(15)17)13(18)19-11-5-10(16)9(14)4-8(6)11/h4-5,16H,2-3H2,1H3,(H2,15,17). The molecule has 1 aromatic heterocycles. The number of aromatic hydroxyl groups is 1. The molecule has 0 saturated heterocycles. The fourth-order valence-corrected chi connectivity index (χ4v) is 2.10. The summed E-state index contributed by atoms with van der Waals surface area (Å²) in [7, 11) is 0. The minimum atomic E-state index is -0.534. The lowest BCUT2D eigenvalue weighted by atomic mass is 10.0. The van der Waals surface area contributed by atoms with Crippen molar-refractivity contribution in [2.45, 2.75) is 19.8 Å². The van der Waals surface area contributed by atoms with Gasteiger partial charge in [0.2, 0.25) is 5.91 Å². The van der Waals surface area contributed by atoms with E-state index in [0.29, 0.717) is 16.5 Å². The van der Waals surface area contributed by atoms with Crippen LogP contribution in [0.1, 0.15) is 17.5 Å². The number of benzene rings is 1. The molecule has 100 valence electrons. The van der Waals surface area contributed by atoms with Gasteiger partial charge in [0.1, 0.15) is 11.3 Å². The minimum Gasteiger partial charge on any atom is -0.506 e. The number of rotatable bonds is 3. The molecule has 0 aliphatic carbocycles. The Morgan fingerprint density at radius 2 is 2.16 bits per heavy atom. The summed E-state index contributed by atoms with van der Waals surface area (Å²) in [6.07, 6.45) is 0.293. The molecule has 6 heteroatoms. The molecule has 0 spiro atoms. The second-order valence-electron chi connectivity index (χ2n) is 4.26. The third-order valence-corrected chi connectivity index (χ3v) is 3.28. The van der Waals surface area contributed by atoms with Gasteiger partial charge >= 0.3 is 5.63 Å². The van der Waals surface area contributed by atoms with Crippen molar-refractivity contribution in [3.05, 3.63) is 38.7 Å². The Morgan fingerprint density at radius 3 is 2.79 bits per heavy atom. The number of nitrogens with two attached hydrogens (primary N) is 1. The fraction of sp³-hybridized carbons (Fsp3) is 0.231. The van der Waals surface area contributed by atoms with E-state index >= 15 is 0 Å². The number of hydrogen-bond donors (Lipinski definition) is 2. The van der Waals surface area contributed by atoms with Gasteiger partial charge in [-0.05, 0) is 25.0 Å². The zero-order chi connectivity index (χ0) is 14.2. The first-order valence-electron chi connectivity index (χ1n) is 5.63. The van der Waals surface area contributed by atoms with E-state index in [2.05, 4.69) is 0 Å². The molecule has 5 nitrogen and oxygen atoms in total. The van der Waals surface area contributed by atoms with Crippen LogP contribution in [0.25, 0.3) is 11.0 Å².